The fourth-order valence-electron chi connectivity index (χ4n) is 3.32. The Bertz CT molecular complexity index is 1170. The molecule has 4 rings (SSSR count). The third-order valence-corrected chi connectivity index (χ3v) is 6.08. The van der Waals surface area contributed by atoms with Gasteiger partial charge in [-0.15, -0.1) is 0 Å². The second-order valence-corrected chi connectivity index (χ2v) is 9.14. The second kappa shape index (κ2) is 7.88. The van der Waals surface area contributed by atoms with Crippen LogP contribution in [0.5, 0.6) is 5.75 Å². The molecule has 1 aromatic carbocycles. The highest BCUT2D eigenvalue weighted by Gasteiger charge is 2.51. The molecule has 3 aliphatic rings. The summed E-state index contributed by atoms with van der Waals surface area (Å²) in [4.78, 5) is 12.4. The molecule has 1 amide bonds. The molecule has 12 heteroatoms. The first kappa shape index (κ1) is 18.6. The van der Waals surface area contributed by atoms with Crippen LogP contribution in [-0.2, 0) is 29.8 Å². The van der Waals surface area contributed by atoms with Gasteiger partial charge in [0.05, 0.1) is 10.7 Å². The summed E-state index contributed by atoms with van der Waals surface area (Å²) in [5.41, 5.74) is 2.03. The maximum absolute atomic E-state index is 15.8. The molecule has 1 saturated heterocycles. The largest absolute Gasteiger partial charge is 0.530 e. The number of ether oxygens (including phenoxy) is 1. The zero-order valence-electron chi connectivity index (χ0n) is 19.5. The van der Waals surface area contributed by atoms with Gasteiger partial charge in [-0.25, -0.2) is 8.96 Å². The molecule has 168 valence electrons. The van der Waals surface area contributed by atoms with Crippen molar-refractivity contribution < 1.29 is 41.3 Å². The van der Waals surface area contributed by atoms with Crippen molar-refractivity contribution in [1.82, 2.24) is 10.2 Å². The molecule has 31 heavy (non-hydrogen) atoms. The Hall–Kier alpha value is -1.94. The van der Waals surface area contributed by atoms with Crippen LogP contribution < -0.4 is 9.84 Å². The van der Waals surface area contributed by atoms with E-state index < -0.39 is 49.9 Å². The summed E-state index contributed by atoms with van der Waals surface area (Å²) < 4.78 is 74.0. The van der Waals surface area contributed by atoms with E-state index in [9.17, 15) is 14.5 Å². The number of carbonyl (C=O) groups excluding carboxylic acids is 1. The molecule has 0 bridgehead atoms. The summed E-state index contributed by atoms with van der Waals surface area (Å²) in [5.74, 6) is -4.36. The summed E-state index contributed by atoms with van der Waals surface area (Å²) in [6, 6.07) is 3.47. The highest BCUT2D eigenvalue weighted by Crippen LogP contribution is 2.56. The Balaban J connectivity index is 1.60. The first-order valence-corrected chi connectivity index (χ1v) is 10.9. The molecule has 0 saturated carbocycles. The fraction of sp³-hybridized carbons (Fsp3) is 0.421. The normalized spacial score (nSPS) is 37.2. The van der Waals surface area contributed by atoms with Crippen LogP contribution in [0.1, 0.15) is 27.2 Å². The van der Waals surface area contributed by atoms with Gasteiger partial charge in [0.15, 0.2) is 6.20 Å². The zero-order chi connectivity index (χ0) is 25.3. The van der Waals surface area contributed by atoms with Crippen molar-refractivity contribution in [2.75, 3.05) is 6.56 Å². The van der Waals surface area contributed by atoms with Crippen molar-refractivity contribution in [3.05, 3.63) is 52.5 Å². The first-order valence-electron chi connectivity index (χ1n) is 10.6. The lowest BCUT2D eigenvalue weighted by molar-refractivity contribution is -0.184. The zero-order valence-corrected chi connectivity index (χ0v) is 18.1. The molecular formula is C19H21ClFN2O7P. The van der Waals surface area contributed by atoms with Gasteiger partial charge in [-0.1, -0.05) is 35.9 Å². The number of carbonyl (C=O) groups is 1. The van der Waals surface area contributed by atoms with Gasteiger partial charge in [0, 0.05) is 18.2 Å². The number of aliphatic hydroxyl groups excluding tert-OH is 1. The Morgan fingerprint density at radius 2 is 2.32 bits per heavy atom. The lowest BCUT2D eigenvalue weighted by Gasteiger charge is -2.34. The number of benzene rings is 1. The number of phosphoric ester groups is 1. The number of fused-ring (bicyclic) bond motifs is 1. The van der Waals surface area contributed by atoms with Crippen molar-refractivity contribution in [3.63, 3.8) is 0 Å². The Labute approximate surface area is 187 Å². The molecule has 1 unspecified atom stereocenters. The smallest absolute Gasteiger partial charge is 0.403 e. The molecule has 1 aromatic rings. The van der Waals surface area contributed by atoms with Gasteiger partial charge in [-0.05, 0) is 19.4 Å². The van der Waals surface area contributed by atoms with Gasteiger partial charge in [0.1, 0.15) is 29.3 Å². The topological polar surface area (TPSA) is 107 Å². The molecule has 1 fully saturated rings. The van der Waals surface area contributed by atoms with E-state index in [1.54, 1.807) is 19.1 Å². The van der Waals surface area contributed by atoms with Gasteiger partial charge in [-0.3, -0.25) is 13.8 Å². The van der Waals surface area contributed by atoms with E-state index in [0.29, 0.717) is 11.1 Å². The number of hydrogen-bond donors (Lipinski definition) is 2. The molecular weight excluding hydrogens is 454 g/mol. The summed E-state index contributed by atoms with van der Waals surface area (Å²) in [7, 11) is -4.69. The maximum atomic E-state index is 15.8. The SMILES string of the molecule is [2H]C([2H])(OP1(=O)OCc2cc(C)cc(C)c2O1)[C@]1(F)C[C@@H](O)[C@]([2H])(N2C=C(Cl)C(=O)NC2=C)O1. The van der Waals surface area contributed by atoms with E-state index in [4.69, 9.17) is 34.0 Å². The number of alkyl halides is 1. The molecule has 0 spiro atoms. The Morgan fingerprint density at radius 1 is 1.58 bits per heavy atom. The van der Waals surface area contributed by atoms with Gasteiger partial charge in [0.2, 0.25) is 5.85 Å². The fourth-order valence-corrected chi connectivity index (χ4v) is 4.63. The highest BCUT2D eigenvalue weighted by atomic mass is 35.5. The van der Waals surface area contributed by atoms with Crippen LogP contribution in [0.25, 0.3) is 0 Å². The summed E-state index contributed by atoms with van der Waals surface area (Å²) in [6.07, 6.45) is -4.91. The van der Waals surface area contributed by atoms with Crippen molar-refractivity contribution in [2.24, 2.45) is 0 Å². The van der Waals surface area contributed by atoms with Crippen LogP contribution in [-0.4, -0.2) is 40.6 Å². The minimum absolute atomic E-state index is 0.159. The number of nitrogens with one attached hydrogen (secondary N) is 1. The number of phosphoric acid groups is 1. The van der Waals surface area contributed by atoms with Crippen LogP contribution in [0.2, 0.25) is 0 Å². The minimum Gasteiger partial charge on any atom is -0.403 e. The quantitative estimate of drug-likeness (QED) is 0.637. The van der Waals surface area contributed by atoms with Crippen molar-refractivity contribution in [2.45, 2.75) is 45.0 Å². The van der Waals surface area contributed by atoms with E-state index in [1.807, 2.05) is 6.92 Å². The van der Waals surface area contributed by atoms with Crippen LogP contribution >= 0.6 is 19.4 Å². The molecule has 0 radical (unpaired) electrons. The Kier molecular flexibility index (Phi) is 4.73. The van der Waals surface area contributed by atoms with Crippen molar-refractivity contribution in [1.29, 1.82) is 0 Å². The minimum atomic E-state index is -4.69. The van der Waals surface area contributed by atoms with E-state index in [0.717, 1.165) is 16.7 Å². The number of nitrogens with zero attached hydrogens (tertiary/aromatic N) is 1. The maximum Gasteiger partial charge on any atom is 0.530 e. The molecule has 0 aliphatic carbocycles. The third-order valence-electron chi connectivity index (χ3n) is 4.64. The van der Waals surface area contributed by atoms with E-state index >= 15 is 4.39 Å². The Morgan fingerprint density at radius 3 is 3.06 bits per heavy atom. The number of aliphatic hydroxyl groups is 1. The summed E-state index contributed by atoms with van der Waals surface area (Å²) >= 11 is 5.77. The monoisotopic (exact) mass is 477 g/mol. The molecule has 9 nitrogen and oxygen atoms in total. The number of hydrogen-bond acceptors (Lipinski definition) is 8. The lowest BCUT2D eigenvalue weighted by Crippen LogP contribution is -2.46. The standard InChI is InChI=1S/C19H21ClFN2O7P/c1-10-4-11(2)16-13(5-10)8-27-31(26,30-16)28-9-19(21)6-15(24)18(29-19)23-7-14(20)17(25)22-12(23)3/h4-5,7,15,18,24H,3,6,8-9H2,1-2H3,(H,22,25)/t15-,18-,19+,31?/m1/s1/i9D2,18D. The van der Waals surface area contributed by atoms with E-state index in [2.05, 4.69) is 11.9 Å². The third kappa shape index (κ3) is 4.37. The highest BCUT2D eigenvalue weighted by molar-refractivity contribution is 7.49. The number of aryl methyl sites for hydroxylation is 2. The first-order chi connectivity index (χ1) is 15.6. The van der Waals surface area contributed by atoms with Gasteiger partial charge in [-0.2, -0.15) is 0 Å². The second-order valence-electron chi connectivity index (χ2n) is 7.21. The average molecular weight is 478 g/mol. The van der Waals surface area contributed by atoms with Crippen molar-refractivity contribution in [3.8, 4) is 5.75 Å². The predicted octanol–water partition coefficient (Wildman–Crippen LogP) is 3.09. The van der Waals surface area contributed by atoms with Crippen LogP contribution in [0.4, 0.5) is 4.39 Å². The number of amides is 1. The van der Waals surface area contributed by atoms with Gasteiger partial charge in [0.25, 0.3) is 5.91 Å². The number of halogens is 2. The van der Waals surface area contributed by atoms with Gasteiger partial charge >= 0.3 is 7.82 Å². The van der Waals surface area contributed by atoms with E-state index in [1.165, 1.54) is 0 Å². The summed E-state index contributed by atoms with van der Waals surface area (Å²) in [5, 5.41) is 12.3. The van der Waals surface area contributed by atoms with E-state index in [-0.39, 0.29) is 18.2 Å². The molecule has 3 aliphatic heterocycles. The molecule has 3 heterocycles. The molecule has 2 N–H and O–H groups in total. The predicted molar refractivity (Wildman–Crippen MR) is 107 cm³/mol. The lowest BCUT2D eigenvalue weighted by atomic mass is 10.1. The summed E-state index contributed by atoms with van der Waals surface area (Å²) in [6.45, 7) is 3.26. The van der Waals surface area contributed by atoms with Gasteiger partial charge < -0.3 is 24.6 Å². The van der Waals surface area contributed by atoms with Crippen LogP contribution in [0, 0.1) is 13.8 Å². The van der Waals surface area contributed by atoms with Crippen LogP contribution in [0.15, 0.2) is 35.8 Å². The molecule has 0 aromatic heterocycles. The van der Waals surface area contributed by atoms with Crippen LogP contribution in [0.3, 0.4) is 0 Å². The van der Waals surface area contributed by atoms with Crippen molar-refractivity contribution >= 4 is 25.3 Å². The number of rotatable bonds is 4. The molecule has 4 atom stereocenters. The average Bonchev–Trinajstić information content (AvgIpc) is 2.95.